The smallest absolute Gasteiger partial charge is 0.227 e. The summed E-state index contributed by atoms with van der Waals surface area (Å²) in [6.07, 6.45) is 1.39. The number of nitrogens with one attached hydrogen (secondary N) is 1. The zero-order valence-corrected chi connectivity index (χ0v) is 14.6. The molecule has 23 heavy (non-hydrogen) atoms. The second-order valence-corrected chi connectivity index (χ2v) is 6.72. The number of benzene rings is 1. The molecule has 126 valence electrons. The molecule has 1 aliphatic rings. The van der Waals surface area contributed by atoms with Gasteiger partial charge in [0.25, 0.3) is 0 Å². The van der Waals surface area contributed by atoms with Crippen LogP contribution in [-0.4, -0.2) is 49.2 Å². The fraction of sp³-hybridized carbons (Fsp3) is 0.526. The summed E-state index contributed by atoms with van der Waals surface area (Å²) in [7, 11) is 4.14. The van der Waals surface area contributed by atoms with Crippen LogP contribution in [0.4, 0.5) is 0 Å². The molecule has 2 unspecified atom stereocenters. The van der Waals surface area contributed by atoms with Gasteiger partial charge in [-0.25, -0.2) is 0 Å². The Kier molecular flexibility index (Phi) is 5.97. The summed E-state index contributed by atoms with van der Waals surface area (Å²) in [5, 5.41) is 12.2. The summed E-state index contributed by atoms with van der Waals surface area (Å²) < 4.78 is 0. The van der Waals surface area contributed by atoms with Crippen LogP contribution >= 0.6 is 0 Å². The molecular formula is C19H28N2O2. The van der Waals surface area contributed by atoms with Crippen molar-refractivity contribution in [1.82, 2.24) is 10.2 Å². The van der Waals surface area contributed by atoms with E-state index < -0.39 is 6.10 Å². The summed E-state index contributed by atoms with van der Waals surface area (Å²) in [5.74, 6) is -0.213. The number of rotatable bonds is 7. The summed E-state index contributed by atoms with van der Waals surface area (Å²) in [6, 6.07) is 8.36. The lowest BCUT2D eigenvalue weighted by molar-refractivity contribution is -0.123. The van der Waals surface area contributed by atoms with Crippen molar-refractivity contribution >= 4 is 11.5 Å². The van der Waals surface area contributed by atoms with Crippen LogP contribution in [0.3, 0.4) is 0 Å². The third kappa shape index (κ3) is 4.43. The van der Waals surface area contributed by atoms with Gasteiger partial charge in [0, 0.05) is 13.1 Å². The van der Waals surface area contributed by atoms with Crippen molar-refractivity contribution in [1.29, 1.82) is 0 Å². The van der Waals surface area contributed by atoms with Gasteiger partial charge in [0.05, 0.1) is 12.0 Å². The molecule has 0 heterocycles. The van der Waals surface area contributed by atoms with Gasteiger partial charge in [-0.15, -0.1) is 0 Å². The Hall–Kier alpha value is -1.65. The average molecular weight is 316 g/mol. The second-order valence-electron chi connectivity index (χ2n) is 6.72. The van der Waals surface area contributed by atoms with Gasteiger partial charge in [0.15, 0.2) is 0 Å². The number of carbonyl (C=O) groups is 1. The van der Waals surface area contributed by atoms with Crippen molar-refractivity contribution in [2.45, 2.75) is 32.8 Å². The van der Waals surface area contributed by atoms with E-state index in [2.05, 4.69) is 42.5 Å². The predicted octanol–water partition coefficient (Wildman–Crippen LogP) is 2.08. The monoisotopic (exact) mass is 316 g/mol. The minimum Gasteiger partial charge on any atom is -0.392 e. The molecule has 4 heteroatoms. The SMILES string of the molecule is CC(O)CNC(=O)C(C)C1=C(CCN(C)C)Cc2ccccc21. The molecule has 2 atom stereocenters. The van der Waals surface area contributed by atoms with Gasteiger partial charge in [-0.3, -0.25) is 4.79 Å². The van der Waals surface area contributed by atoms with E-state index in [0.29, 0.717) is 6.54 Å². The van der Waals surface area contributed by atoms with Crippen molar-refractivity contribution in [2.24, 2.45) is 5.92 Å². The maximum Gasteiger partial charge on any atom is 0.227 e. The summed E-state index contributed by atoms with van der Waals surface area (Å²) in [5.41, 5.74) is 5.05. The lowest BCUT2D eigenvalue weighted by atomic mass is 9.91. The molecule has 1 aromatic carbocycles. The van der Waals surface area contributed by atoms with Crippen molar-refractivity contribution in [2.75, 3.05) is 27.2 Å². The normalized spacial score (nSPS) is 16.4. The molecular weight excluding hydrogens is 288 g/mol. The van der Waals surface area contributed by atoms with Crippen LogP contribution in [0.1, 0.15) is 31.4 Å². The first-order valence-electron chi connectivity index (χ1n) is 8.30. The van der Waals surface area contributed by atoms with Crippen molar-refractivity contribution < 1.29 is 9.90 Å². The Morgan fingerprint density at radius 3 is 2.65 bits per heavy atom. The number of fused-ring (bicyclic) bond motifs is 1. The van der Waals surface area contributed by atoms with E-state index in [1.165, 1.54) is 22.3 Å². The fourth-order valence-electron chi connectivity index (χ4n) is 3.11. The Labute approximate surface area is 139 Å². The largest absolute Gasteiger partial charge is 0.392 e. The number of aliphatic hydroxyl groups is 1. The van der Waals surface area contributed by atoms with Crippen LogP contribution in [0.25, 0.3) is 5.57 Å². The molecule has 4 nitrogen and oxygen atoms in total. The van der Waals surface area contributed by atoms with Crippen molar-refractivity contribution in [3.8, 4) is 0 Å². The van der Waals surface area contributed by atoms with E-state index in [-0.39, 0.29) is 11.8 Å². The van der Waals surface area contributed by atoms with Crippen LogP contribution in [0.5, 0.6) is 0 Å². The number of hydrogen-bond acceptors (Lipinski definition) is 3. The van der Waals surface area contributed by atoms with Crippen LogP contribution in [0, 0.1) is 5.92 Å². The van der Waals surface area contributed by atoms with Crippen LogP contribution in [0.15, 0.2) is 29.8 Å². The third-order valence-electron chi connectivity index (χ3n) is 4.35. The van der Waals surface area contributed by atoms with E-state index in [1.807, 2.05) is 13.0 Å². The summed E-state index contributed by atoms with van der Waals surface area (Å²) in [6.45, 7) is 4.92. The molecule has 2 N–H and O–H groups in total. The van der Waals surface area contributed by atoms with E-state index in [0.717, 1.165) is 19.4 Å². The van der Waals surface area contributed by atoms with E-state index in [9.17, 15) is 9.90 Å². The first-order chi connectivity index (χ1) is 10.9. The highest BCUT2D eigenvalue weighted by Gasteiger charge is 2.28. The molecule has 0 fully saturated rings. The quantitative estimate of drug-likeness (QED) is 0.810. The van der Waals surface area contributed by atoms with Crippen molar-refractivity contribution in [3.05, 3.63) is 41.0 Å². The lowest BCUT2D eigenvalue weighted by Gasteiger charge is -2.18. The Morgan fingerprint density at radius 2 is 2.00 bits per heavy atom. The highest BCUT2D eigenvalue weighted by molar-refractivity contribution is 5.94. The Morgan fingerprint density at radius 1 is 1.30 bits per heavy atom. The molecule has 0 saturated heterocycles. The highest BCUT2D eigenvalue weighted by Crippen LogP contribution is 2.39. The molecule has 1 amide bonds. The summed E-state index contributed by atoms with van der Waals surface area (Å²) >= 11 is 0. The molecule has 1 aliphatic carbocycles. The Bertz CT molecular complexity index is 591. The maximum atomic E-state index is 12.5. The number of carbonyl (C=O) groups excluding carboxylic acids is 1. The molecule has 0 aliphatic heterocycles. The van der Waals surface area contributed by atoms with Gasteiger partial charge < -0.3 is 15.3 Å². The van der Waals surface area contributed by atoms with Crippen LogP contribution < -0.4 is 5.32 Å². The van der Waals surface area contributed by atoms with Crippen LogP contribution in [0.2, 0.25) is 0 Å². The topological polar surface area (TPSA) is 52.6 Å². The number of hydrogen-bond donors (Lipinski definition) is 2. The number of aliphatic hydroxyl groups excluding tert-OH is 1. The zero-order chi connectivity index (χ0) is 17.0. The fourth-order valence-corrected chi connectivity index (χ4v) is 3.11. The number of nitrogens with zero attached hydrogens (tertiary/aromatic N) is 1. The minimum atomic E-state index is -0.524. The Balaban J connectivity index is 2.24. The van der Waals surface area contributed by atoms with E-state index >= 15 is 0 Å². The third-order valence-corrected chi connectivity index (χ3v) is 4.35. The molecule has 0 radical (unpaired) electrons. The van der Waals surface area contributed by atoms with Gasteiger partial charge in [0.1, 0.15) is 0 Å². The minimum absolute atomic E-state index is 0.0139. The molecule has 0 aromatic heterocycles. The standard InChI is InChI=1S/C19H28N2O2/c1-13(22)12-20-19(23)14(2)18-16(9-10-21(3)4)11-15-7-5-6-8-17(15)18/h5-8,13-14,22H,9-12H2,1-4H3,(H,20,23). The predicted molar refractivity (Wildman–Crippen MR) is 94.1 cm³/mol. The van der Waals surface area contributed by atoms with Gasteiger partial charge in [-0.05, 0) is 57.5 Å². The molecule has 0 saturated carbocycles. The first kappa shape index (κ1) is 17.7. The van der Waals surface area contributed by atoms with Gasteiger partial charge in [-0.2, -0.15) is 0 Å². The van der Waals surface area contributed by atoms with Gasteiger partial charge in [-0.1, -0.05) is 29.8 Å². The first-order valence-corrected chi connectivity index (χ1v) is 8.30. The van der Waals surface area contributed by atoms with E-state index in [4.69, 9.17) is 0 Å². The zero-order valence-electron chi connectivity index (χ0n) is 14.6. The molecule has 1 aromatic rings. The summed E-state index contributed by atoms with van der Waals surface area (Å²) in [4.78, 5) is 14.6. The molecule has 0 bridgehead atoms. The molecule has 0 spiro atoms. The second kappa shape index (κ2) is 7.75. The van der Waals surface area contributed by atoms with Crippen LogP contribution in [-0.2, 0) is 11.2 Å². The van der Waals surface area contributed by atoms with Gasteiger partial charge in [0.2, 0.25) is 5.91 Å². The van der Waals surface area contributed by atoms with Gasteiger partial charge >= 0.3 is 0 Å². The number of amides is 1. The highest BCUT2D eigenvalue weighted by atomic mass is 16.3. The average Bonchev–Trinajstić information content (AvgIpc) is 2.88. The van der Waals surface area contributed by atoms with Crippen molar-refractivity contribution in [3.63, 3.8) is 0 Å². The van der Waals surface area contributed by atoms with E-state index in [1.54, 1.807) is 6.92 Å². The maximum absolute atomic E-state index is 12.5. The molecule has 2 rings (SSSR count). The lowest BCUT2D eigenvalue weighted by Crippen LogP contribution is -2.35.